The molecular weight excluding hydrogens is 228 g/mol. The van der Waals surface area contributed by atoms with E-state index >= 15 is 0 Å². The average molecular weight is 250 g/mol. The monoisotopic (exact) mass is 250 g/mol. The van der Waals surface area contributed by atoms with Gasteiger partial charge in [-0.1, -0.05) is 0 Å². The summed E-state index contributed by atoms with van der Waals surface area (Å²) in [6.45, 7) is 4.14. The first-order valence-electron chi connectivity index (χ1n) is 6.68. The molecule has 1 fully saturated rings. The average Bonchev–Trinajstić information content (AvgIpc) is 3.09. The van der Waals surface area contributed by atoms with Gasteiger partial charge in [-0.15, -0.1) is 0 Å². The summed E-state index contributed by atoms with van der Waals surface area (Å²) in [6.07, 6.45) is 7.14. The molecule has 0 spiro atoms. The fourth-order valence-electron chi connectivity index (χ4n) is 2.15. The topological polar surface area (TPSA) is 50.2 Å². The molecule has 1 aromatic rings. The first-order chi connectivity index (χ1) is 8.70. The van der Waals surface area contributed by atoms with Crippen molar-refractivity contribution in [3.63, 3.8) is 0 Å². The number of hydrogen-bond donors (Lipinski definition) is 1. The lowest BCUT2D eigenvalue weighted by Gasteiger charge is -2.20. The lowest BCUT2D eigenvalue weighted by atomic mass is 10.2. The van der Waals surface area contributed by atoms with Gasteiger partial charge in [-0.2, -0.15) is 5.10 Å². The van der Waals surface area contributed by atoms with Crippen LogP contribution in [0.3, 0.4) is 0 Å². The smallest absolute Gasteiger partial charge is 0.236 e. The predicted octanol–water partition coefficient (Wildman–Crippen LogP) is 0.563. The van der Waals surface area contributed by atoms with E-state index in [1.54, 1.807) is 4.68 Å². The van der Waals surface area contributed by atoms with Gasteiger partial charge < -0.3 is 10.2 Å². The number of hydrogen-bond acceptors (Lipinski definition) is 3. The summed E-state index contributed by atoms with van der Waals surface area (Å²) in [5.74, 6) is 0.228. The zero-order valence-corrected chi connectivity index (χ0v) is 11.2. The Balaban J connectivity index is 1.64. The van der Waals surface area contributed by atoms with Crippen molar-refractivity contribution in [1.82, 2.24) is 20.0 Å². The van der Waals surface area contributed by atoms with Crippen molar-refractivity contribution in [3.05, 3.63) is 18.0 Å². The molecule has 0 aliphatic heterocycles. The molecule has 5 nitrogen and oxygen atoms in total. The third-order valence-corrected chi connectivity index (χ3v) is 3.27. The molecule has 1 N–H and O–H groups in total. The minimum absolute atomic E-state index is 0.228. The number of likely N-dealkylation sites (N-methyl/N-ethyl adjacent to an activating group) is 1. The highest BCUT2D eigenvalue weighted by Crippen LogP contribution is 2.26. The predicted molar refractivity (Wildman–Crippen MR) is 70.2 cm³/mol. The first kappa shape index (κ1) is 13.1. The number of rotatable bonds is 7. The number of carbonyl (C=O) groups excluding carboxylic acids is 1. The molecule has 1 amide bonds. The summed E-state index contributed by atoms with van der Waals surface area (Å²) in [5, 5.41) is 7.33. The van der Waals surface area contributed by atoms with Crippen molar-refractivity contribution in [1.29, 1.82) is 0 Å². The first-order valence-corrected chi connectivity index (χ1v) is 6.68. The molecule has 0 bridgehead atoms. The second-order valence-corrected chi connectivity index (χ2v) is 4.86. The number of aromatic nitrogens is 2. The van der Waals surface area contributed by atoms with Crippen molar-refractivity contribution in [3.8, 4) is 0 Å². The van der Waals surface area contributed by atoms with Gasteiger partial charge >= 0.3 is 0 Å². The highest BCUT2D eigenvalue weighted by Gasteiger charge is 2.30. The van der Waals surface area contributed by atoms with Gasteiger partial charge in [0.2, 0.25) is 5.91 Å². The summed E-state index contributed by atoms with van der Waals surface area (Å²) in [5.41, 5.74) is 1.20. The normalized spacial score (nSPS) is 14.8. The van der Waals surface area contributed by atoms with Gasteiger partial charge in [0.05, 0.1) is 12.7 Å². The molecular formula is C13H22N4O. The van der Waals surface area contributed by atoms with Crippen LogP contribution in [0.25, 0.3) is 0 Å². The Hall–Kier alpha value is -1.36. The van der Waals surface area contributed by atoms with Crippen molar-refractivity contribution >= 4 is 5.91 Å². The maximum absolute atomic E-state index is 11.9. The highest BCUT2D eigenvalue weighted by atomic mass is 16.2. The van der Waals surface area contributed by atoms with E-state index in [4.69, 9.17) is 0 Å². The van der Waals surface area contributed by atoms with Gasteiger partial charge in [-0.05, 0) is 38.3 Å². The zero-order valence-electron chi connectivity index (χ0n) is 11.2. The minimum atomic E-state index is 0.228. The highest BCUT2D eigenvalue weighted by molar-refractivity contribution is 5.78. The van der Waals surface area contributed by atoms with E-state index in [1.165, 1.54) is 18.4 Å². The summed E-state index contributed by atoms with van der Waals surface area (Å²) < 4.78 is 1.80. The lowest BCUT2D eigenvalue weighted by molar-refractivity contribution is -0.130. The molecule has 0 radical (unpaired) electrons. The number of carbonyl (C=O) groups is 1. The van der Waals surface area contributed by atoms with Crippen LogP contribution in [0.1, 0.15) is 25.3 Å². The van der Waals surface area contributed by atoms with Gasteiger partial charge in [-0.25, -0.2) is 0 Å². The summed E-state index contributed by atoms with van der Waals surface area (Å²) in [4.78, 5) is 13.9. The maximum atomic E-state index is 11.9. The van der Waals surface area contributed by atoms with E-state index < -0.39 is 0 Å². The van der Waals surface area contributed by atoms with E-state index in [0.29, 0.717) is 12.6 Å². The van der Waals surface area contributed by atoms with Crippen LogP contribution in [-0.2, 0) is 18.3 Å². The van der Waals surface area contributed by atoms with Crippen molar-refractivity contribution in [2.24, 2.45) is 7.05 Å². The third-order valence-electron chi connectivity index (χ3n) is 3.27. The summed E-state index contributed by atoms with van der Waals surface area (Å²) >= 11 is 0. The Bertz CT molecular complexity index is 397. The van der Waals surface area contributed by atoms with Crippen LogP contribution in [0.5, 0.6) is 0 Å². The van der Waals surface area contributed by atoms with Crippen LogP contribution in [0, 0.1) is 0 Å². The lowest BCUT2D eigenvalue weighted by Crippen LogP contribution is -2.39. The maximum Gasteiger partial charge on any atom is 0.236 e. The summed E-state index contributed by atoms with van der Waals surface area (Å²) in [6, 6.07) is 0.516. The fourth-order valence-corrected chi connectivity index (χ4v) is 2.15. The largest absolute Gasteiger partial charge is 0.339 e. The van der Waals surface area contributed by atoms with Crippen LogP contribution >= 0.6 is 0 Å². The Morgan fingerprint density at radius 1 is 1.61 bits per heavy atom. The molecule has 1 heterocycles. The van der Waals surface area contributed by atoms with Crippen LogP contribution in [0.2, 0.25) is 0 Å². The molecule has 0 aromatic carbocycles. The second-order valence-electron chi connectivity index (χ2n) is 4.86. The second kappa shape index (κ2) is 6.00. The molecule has 2 rings (SSSR count). The van der Waals surface area contributed by atoms with Crippen LogP contribution in [-0.4, -0.2) is 46.3 Å². The van der Waals surface area contributed by atoms with Crippen molar-refractivity contribution in [2.75, 3.05) is 19.6 Å². The van der Waals surface area contributed by atoms with Crippen LogP contribution in [0.15, 0.2) is 12.4 Å². The van der Waals surface area contributed by atoms with E-state index in [9.17, 15) is 4.79 Å². The van der Waals surface area contributed by atoms with Gasteiger partial charge in [0.1, 0.15) is 0 Å². The van der Waals surface area contributed by atoms with Gasteiger partial charge in [0, 0.05) is 25.8 Å². The Morgan fingerprint density at radius 3 is 2.94 bits per heavy atom. The number of aryl methyl sites for hydroxylation is 1. The van der Waals surface area contributed by atoms with E-state index in [-0.39, 0.29) is 5.91 Å². The quantitative estimate of drug-likeness (QED) is 0.720. The Labute approximate surface area is 108 Å². The fraction of sp³-hybridized carbons (Fsp3) is 0.692. The molecule has 1 aromatic heterocycles. The Kier molecular flexibility index (Phi) is 4.36. The molecule has 1 saturated carbocycles. The van der Waals surface area contributed by atoms with Gasteiger partial charge in [0.15, 0.2) is 0 Å². The molecule has 18 heavy (non-hydrogen) atoms. The number of nitrogens with zero attached hydrogens (tertiary/aromatic N) is 3. The van der Waals surface area contributed by atoms with Crippen LogP contribution in [0.4, 0.5) is 0 Å². The standard InChI is InChI=1S/C13H22N4O/c1-3-17(12-4-5-12)13(18)9-14-7-6-11-8-15-16(2)10-11/h8,10,12,14H,3-7,9H2,1-2H3. The third kappa shape index (κ3) is 3.57. The van der Waals surface area contributed by atoms with E-state index in [2.05, 4.69) is 10.4 Å². The SMILES string of the molecule is CCN(C(=O)CNCCc1cnn(C)c1)C1CC1. The zero-order chi connectivity index (χ0) is 13.0. The number of amides is 1. The molecule has 100 valence electrons. The molecule has 5 heteroatoms. The van der Waals surface area contributed by atoms with Crippen LogP contribution < -0.4 is 5.32 Å². The Morgan fingerprint density at radius 2 is 2.39 bits per heavy atom. The number of nitrogens with one attached hydrogen (secondary N) is 1. The van der Waals surface area contributed by atoms with Gasteiger partial charge in [0.25, 0.3) is 0 Å². The van der Waals surface area contributed by atoms with Crippen molar-refractivity contribution in [2.45, 2.75) is 32.2 Å². The minimum Gasteiger partial charge on any atom is -0.339 e. The van der Waals surface area contributed by atoms with E-state index in [0.717, 1.165) is 19.5 Å². The van der Waals surface area contributed by atoms with Gasteiger partial charge in [-0.3, -0.25) is 9.48 Å². The molecule has 0 atom stereocenters. The molecule has 1 aliphatic carbocycles. The molecule has 1 aliphatic rings. The van der Waals surface area contributed by atoms with E-state index in [1.807, 2.05) is 31.3 Å². The van der Waals surface area contributed by atoms with Crippen molar-refractivity contribution < 1.29 is 4.79 Å². The summed E-state index contributed by atoms with van der Waals surface area (Å²) in [7, 11) is 1.91. The molecule has 0 unspecified atom stereocenters. The molecule has 0 saturated heterocycles.